The van der Waals surface area contributed by atoms with Crippen LogP contribution in [0.1, 0.15) is 83.4 Å². The predicted molar refractivity (Wildman–Crippen MR) is 282 cm³/mol. The summed E-state index contributed by atoms with van der Waals surface area (Å²) in [6, 6.07) is 29.0. The Balaban J connectivity index is 1.33. The number of nitrogens with one attached hydrogen (secondary N) is 1. The van der Waals surface area contributed by atoms with E-state index in [1.54, 1.807) is 14.2 Å². The molecule has 398 valence electrons. The lowest BCUT2D eigenvalue weighted by atomic mass is 9.80. The second-order valence-corrected chi connectivity index (χ2v) is 21.1. The summed E-state index contributed by atoms with van der Waals surface area (Å²) in [6.07, 6.45) is -1.90. The number of thioether (sulfide) groups is 1. The standard InChI is InChI=1S/C53H66N5O14PS/c1-34(2)57(35(3)4)73(70-27-28-74-49(59)52(5,6)7)72-45-31-48(56-26-25-47(54-50(56)60)55-51(61)68-32-36-29-43(66-10)44(67-11)30-42(36)58(62)63)71-46(45)33-69-53(37-15-13-12-14-16-37,38-17-21-40(64-8)22-18-38)39-19-23-41(65-9)24-20-39/h12-26,29-30,34-35,45-46,48H,27-28,31-33H2,1-11H3,(H,54,55,60,61)/t45-,46+,48+,73?/m0/s1. The molecule has 4 atom stereocenters. The van der Waals surface area contributed by atoms with Gasteiger partial charge in [0.1, 0.15) is 41.9 Å². The highest BCUT2D eigenvalue weighted by Crippen LogP contribution is 2.51. The van der Waals surface area contributed by atoms with Crippen molar-refractivity contribution in [2.45, 2.75) is 97.6 Å². The van der Waals surface area contributed by atoms with Crippen LogP contribution in [0.15, 0.2) is 108 Å². The number of aromatic nitrogens is 2. The predicted octanol–water partition coefficient (Wildman–Crippen LogP) is 10.3. The zero-order valence-electron chi connectivity index (χ0n) is 43.6. The van der Waals surface area contributed by atoms with Gasteiger partial charge in [0.2, 0.25) is 0 Å². The van der Waals surface area contributed by atoms with Gasteiger partial charge in [-0.1, -0.05) is 87.1 Å². The molecule has 0 aliphatic carbocycles. The average molecular weight is 1060 g/mol. The van der Waals surface area contributed by atoms with Crippen LogP contribution in [0.4, 0.5) is 16.3 Å². The van der Waals surface area contributed by atoms with E-state index in [4.69, 9.17) is 42.2 Å². The summed E-state index contributed by atoms with van der Waals surface area (Å²) in [5.41, 5.74) is -0.397. The third-order valence-corrected chi connectivity index (χ3v) is 15.3. The van der Waals surface area contributed by atoms with Gasteiger partial charge in [0.05, 0.1) is 64.3 Å². The molecular weight excluding hydrogens is 994 g/mol. The largest absolute Gasteiger partial charge is 0.497 e. The van der Waals surface area contributed by atoms with Gasteiger partial charge in [-0.05, 0) is 80.8 Å². The third kappa shape index (κ3) is 14.0. The number of carbonyl (C=O) groups excluding carboxylic acids is 2. The van der Waals surface area contributed by atoms with Gasteiger partial charge >= 0.3 is 11.8 Å². The van der Waals surface area contributed by atoms with E-state index in [9.17, 15) is 24.5 Å². The van der Waals surface area contributed by atoms with Crippen LogP contribution in [0.3, 0.4) is 0 Å². The van der Waals surface area contributed by atoms with Crippen LogP contribution in [-0.2, 0) is 40.3 Å². The van der Waals surface area contributed by atoms with Crippen molar-refractivity contribution in [2.24, 2.45) is 5.41 Å². The van der Waals surface area contributed by atoms with E-state index in [0.717, 1.165) is 16.7 Å². The molecule has 0 bridgehead atoms. The Morgan fingerprint density at radius 1 is 0.865 bits per heavy atom. The Morgan fingerprint density at radius 3 is 1.97 bits per heavy atom. The molecule has 1 aliphatic heterocycles. The summed E-state index contributed by atoms with van der Waals surface area (Å²) in [7, 11) is 4.14. The molecule has 1 aromatic heterocycles. The second kappa shape index (κ2) is 25.9. The van der Waals surface area contributed by atoms with Gasteiger partial charge in [0, 0.05) is 35.9 Å². The Kier molecular flexibility index (Phi) is 20.0. The highest BCUT2D eigenvalue weighted by molar-refractivity contribution is 8.13. The van der Waals surface area contributed by atoms with Crippen molar-refractivity contribution in [1.82, 2.24) is 14.2 Å². The Labute approximate surface area is 437 Å². The maximum atomic E-state index is 14.0. The van der Waals surface area contributed by atoms with Gasteiger partial charge in [0.15, 0.2) is 16.6 Å². The van der Waals surface area contributed by atoms with E-state index in [-0.39, 0.29) is 65.4 Å². The van der Waals surface area contributed by atoms with Crippen LogP contribution in [-0.4, -0.2) is 102 Å². The minimum Gasteiger partial charge on any atom is -0.497 e. The molecule has 1 N–H and O–H groups in total. The number of benzene rings is 4. The van der Waals surface area contributed by atoms with Crippen LogP contribution in [0.5, 0.6) is 23.0 Å². The zero-order valence-corrected chi connectivity index (χ0v) is 45.3. The summed E-state index contributed by atoms with van der Waals surface area (Å²) in [4.78, 5) is 55.2. The van der Waals surface area contributed by atoms with Crippen LogP contribution in [0.25, 0.3) is 0 Å². The number of ether oxygens (including phenoxy) is 7. The number of hydrogen-bond donors (Lipinski definition) is 1. The van der Waals surface area contributed by atoms with Crippen molar-refractivity contribution >= 4 is 43.0 Å². The molecule has 21 heteroatoms. The maximum absolute atomic E-state index is 14.0. The average Bonchev–Trinajstić information content (AvgIpc) is 3.78. The minimum atomic E-state index is -1.79. The van der Waals surface area contributed by atoms with E-state index >= 15 is 0 Å². The highest BCUT2D eigenvalue weighted by Gasteiger charge is 2.45. The van der Waals surface area contributed by atoms with Gasteiger partial charge in [-0.15, -0.1) is 0 Å². The third-order valence-electron chi connectivity index (χ3n) is 11.9. The first kappa shape index (κ1) is 57.2. The van der Waals surface area contributed by atoms with Gasteiger partial charge in [-0.25, -0.2) is 14.3 Å². The van der Waals surface area contributed by atoms with Gasteiger partial charge in [-0.3, -0.25) is 24.8 Å². The molecule has 1 unspecified atom stereocenters. The minimum absolute atomic E-state index is 0.0126. The lowest BCUT2D eigenvalue weighted by molar-refractivity contribution is -0.385. The smallest absolute Gasteiger partial charge is 0.413 e. The topological polar surface area (TPSA) is 211 Å². The van der Waals surface area contributed by atoms with Gasteiger partial charge in [-0.2, -0.15) is 4.98 Å². The van der Waals surface area contributed by atoms with Crippen LogP contribution in [0.2, 0.25) is 0 Å². The molecule has 0 radical (unpaired) electrons. The molecule has 0 spiro atoms. The molecule has 4 aromatic carbocycles. The summed E-state index contributed by atoms with van der Waals surface area (Å²) in [6.45, 7) is 13.5. The molecule has 1 saturated heterocycles. The number of nitro groups is 1. The van der Waals surface area contributed by atoms with Gasteiger partial charge < -0.3 is 42.2 Å². The molecule has 6 rings (SSSR count). The number of rotatable bonds is 24. The molecular formula is C53H66N5O14PS. The second-order valence-electron chi connectivity index (χ2n) is 18.6. The van der Waals surface area contributed by atoms with Crippen molar-refractivity contribution < 1.29 is 56.7 Å². The Bertz CT molecular complexity index is 2670. The van der Waals surface area contributed by atoms with Crippen molar-refractivity contribution in [2.75, 3.05) is 52.7 Å². The lowest BCUT2D eigenvalue weighted by Crippen LogP contribution is -2.39. The number of nitrogens with zero attached hydrogens (tertiary/aromatic N) is 4. The molecule has 5 aromatic rings. The van der Waals surface area contributed by atoms with E-state index in [1.165, 1.54) is 54.9 Å². The Hall–Kier alpha value is -6.12. The number of nitro benzene ring substituents is 1. The monoisotopic (exact) mass is 1060 g/mol. The fourth-order valence-corrected chi connectivity index (χ4v) is 11.0. The normalized spacial score (nSPS) is 16.3. The fraction of sp³-hybridized carbons (Fsp3) is 0.434. The van der Waals surface area contributed by atoms with E-state index < -0.39 is 61.3 Å². The summed E-state index contributed by atoms with van der Waals surface area (Å²) in [5, 5.41) is 14.3. The summed E-state index contributed by atoms with van der Waals surface area (Å²) in [5.74, 6) is 1.92. The summed E-state index contributed by atoms with van der Waals surface area (Å²) < 4.78 is 58.2. The van der Waals surface area contributed by atoms with Crippen molar-refractivity contribution in [1.29, 1.82) is 0 Å². The number of hydrogen-bond acceptors (Lipinski definition) is 17. The molecule has 1 fully saturated rings. The van der Waals surface area contributed by atoms with Crippen LogP contribution >= 0.6 is 20.3 Å². The molecule has 1 amide bonds. The molecule has 74 heavy (non-hydrogen) atoms. The molecule has 0 saturated carbocycles. The van der Waals surface area contributed by atoms with Crippen molar-refractivity contribution in [3.63, 3.8) is 0 Å². The van der Waals surface area contributed by atoms with Crippen molar-refractivity contribution in [3.8, 4) is 23.0 Å². The first-order chi connectivity index (χ1) is 35.3. The SMILES string of the molecule is COc1ccc(C(OC[C@H]2O[C@@H](n3ccc(NC(=O)OCc4cc(OC)c(OC)cc4[N+](=O)[O-])nc3=O)C[C@@H]2OP(OCCSC(=O)C(C)(C)C)N(C(C)C)C(C)C)(c2ccccc2)c2ccc(OC)cc2)cc1. The van der Waals surface area contributed by atoms with E-state index in [1.807, 2.05) is 99.6 Å². The number of carbonyl (C=O) groups is 2. The summed E-state index contributed by atoms with van der Waals surface area (Å²) >= 11 is 1.22. The van der Waals surface area contributed by atoms with E-state index in [0.29, 0.717) is 17.3 Å². The van der Waals surface area contributed by atoms with Crippen molar-refractivity contribution in [3.05, 3.63) is 146 Å². The number of anilines is 1. The first-order valence-corrected chi connectivity index (χ1v) is 26.1. The number of amides is 1. The number of methoxy groups -OCH3 is 4. The maximum Gasteiger partial charge on any atom is 0.413 e. The lowest BCUT2D eigenvalue weighted by Gasteiger charge is -2.39. The molecule has 19 nitrogen and oxygen atoms in total. The van der Waals surface area contributed by atoms with Gasteiger partial charge in [0.25, 0.3) is 14.2 Å². The zero-order chi connectivity index (χ0) is 53.7. The highest BCUT2D eigenvalue weighted by atomic mass is 32.2. The van der Waals surface area contributed by atoms with Crippen LogP contribution < -0.4 is 30.0 Å². The molecule has 1 aliphatic rings. The van der Waals surface area contributed by atoms with E-state index in [2.05, 4.69) is 42.7 Å². The Morgan fingerprint density at radius 2 is 1.45 bits per heavy atom. The molecule has 2 heterocycles. The fourth-order valence-electron chi connectivity index (χ4n) is 8.30. The van der Waals surface area contributed by atoms with Crippen LogP contribution in [0, 0.1) is 15.5 Å². The first-order valence-electron chi connectivity index (χ1n) is 23.9. The quantitative estimate of drug-likeness (QED) is 0.0200.